The maximum Gasteiger partial charge on any atom is 0.0815 e. The van der Waals surface area contributed by atoms with Crippen LogP contribution in [0.15, 0.2) is 0 Å². The zero-order valence-electron chi connectivity index (χ0n) is 9.54. The Balaban J connectivity index is 4.50. The maximum atomic E-state index is 7.56. The molecule has 2 unspecified atom stereocenters. The van der Waals surface area contributed by atoms with Crippen LogP contribution in [0.3, 0.4) is 0 Å². The van der Waals surface area contributed by atoms with Crippen LogP contribution in [-0.4, -0.2) is 21.4 Å². The van der Waals surface area contributed by atoms with Gasteiger partial charge in [-0.1, -0.05) is 24.4 Å². The van der Waals surface area contributed by atoms with Gasteiger partial charge in [0.15, 0.2) is 0 Å². The van der Waals surface area contributed by atoms with E-state index in [0.717, 1.165) is 0 Å². The third-order valence-corrected chi connectivity index (χ3v) is 3.05. The van der Waals surface area contributed by atoms with Crippen molar-refractivity contribution >= 4 is 45.8 Å². The molecule has 2 atom stereocenters. The van der Waals surface area contributed by atoms with Crippen LogP contribution < -0.4 is 11.5 Å². The average molecular weight is 258 g/mol. The molecule has 0 spiro atoms. The minimum atomic E-state index is -0.216. The topological polar surface area (TPSA) is 99.7 Å². The van der Waals surface area contributed by atoms with Crippen molar-refractivity contribution in [3.8, 4) is 0 Å². The molecule has 0 saturated heterocycles. The Morgan fingerprint density at radius 1 is 0.938 bits per heavy atom. The van der Waals surface area contributed by atoms with Gasteiger partial charge in [0.2, 0.25) is 0 Å². The molecule has 0 aromatic heterocycles. The molecule has 0 bridgehead atoms. The molecule has 0 fully saturated rings. The smallest absolute Gasteiger partial charge is 0.0815 e. The fourth-order valence-electron chi connectivity index (χ4n) is 1.48. The zero-order chi connectivity index (χ0) is 12.9. The normalized spacial score (nSPS) is 13.9. The van der Waals surface area contributed by atoms with Crippen molar-refractivity contribution in [1.82, 2.24) is 0 Å². The summed E-state index contributed by atoms with van der Waals surface area (Å²) in [5, 5.41) is 15.1. The Bertz CT molecular complexity index is 265. The highest BCUT2D eigenvalue weighted by molar-refractivity contribution is 7.80. The summed E-state index contributed by atoms with van der Waals surface area (Å²) < 4.78 is 0. The molecule has 0 aliphatic carbocycles. The van der Waals surface area contributed by atoms with Gasteiger partial charge in [0.25, 0.3) is 0 Å². The number of rotatable bonds is 7. The van der Waals surface area contributed by atoms with E-state index in [-0.39, 0.29) is 11.8 Å². The molecule has 0 aromatic rings. The van der Waals surface area contributed by atoms with Gasteiger partial charge in [-0.2, -0.15) is 0 Å². The summed E-state index contributed by atoms with van der Waals surface area (Å²) >= 11 is 9.79. The lowest BCUT2D eigenvalue weighted by molar-refractivity contribution is 0.666. The van der Waals surface area contributed by atoms with Crippen molar-refractivity contribution in [3.63, 3.8) is 0 Å². The Morgan fingerprint density at radius 3 is 1.31 bits per heavy atom. The average Bonchev–Trinajstić information content (AvgIpc) is 2.09. The second-order valence-electron chi connectivity index (χ2n) is 3.85. The van der Waals surface area contributed by atoms with E-state index in [1.807, 2.05) is 0 Å². The number of nitrogens with two attached hydrogens (primary N) is 2. The van der Waals surface area contributed by atoms with E-state index in [2.05, 4.69) is 0 Å². The Morgan fingerprint density at radius 2 is 1.19 bits per heavy atom. The van der Waals surface area contributed by atoms with E-state index in [0.29, 0.717) is 34.2 Å². The van der Waals surface area contributed by atoms with Crippen LogP contribution in [0.25, 0.3) is 0 Å². The van der Waals surface area contributed by atoms with E-state index in [4.69, 9.17) is 46.7 Å². The first-order chi connectivity index (χ1) is 7.27. The first-order valence-corrected chi connectivity index (χ1v) is 5.77. The first-order valence-electron chi connectivity index (χ1n) is 4.96. The predicted molar refractivity (Wildman–Crippen MR) is 76.6 cm³/mol. The highest BCUT2D eigenvalue weighted by atomic mass is 32.1. The van der Waals surface area contributed by atoms with Crippen molar-refractivity contribution in [2.75, 3.05) is 0 Å². The molecule has 6 heteroatoms. The van der Waals surface area contributed by atoms with Crippen LogP contribution in [0.1, 0.15) is 26.7 Å². The fourth-order valence-corrected chi connectivity index (χ4v) is 2.07. The van der Waals surface area contributed by atoms with E-state index >= 15 is 0 Å². The van der Waals surface area contributed by atoms with Crippen molar-refractivity contribution in [2.24, 2.45) is 23.3 Å². The molecule has 0 aliphatic heterocycles. The van der Waals surface area contributed by atoms with Crippen LogP contribution in [-0.2, 0) is 0 Å². The summed E-state index contributed by atoms with van der Waals surface area (Å²) in [6.07, 6.45) is 1.23. The van der Waals surface area contributed by atoms with Crippen molar-refractivity contribution in [2.45, 2.75) is 26.7 Å². The van der Waals surface area contributed by atoms with E-state index in [1.165, 1.54) is 0 Å². The molecule has 0 rings (SSSR count). The highest BCUT2D eigenvalue weighted by Crippen LogP contribution is 2.16. The number of thiocarbonyl (C=S) groups is 2. The van der Waals surface area contributed by atoms with Crippen LogP contribution >= 0.6 is 24.4 Å². The molecule has 0 amide bonds. The SMILES string of the molecule is CC(=N)C(CCC(C(C)=N)C(N)=S)C(N)=S. The number of nitrogens with one attached hydrogen (secondary N) is 2. The third kappa shape index (κ3) is 4.76. The van der Waals surface area contributed by atoms with Crippen LogP contribution in [0, 0.1) is 22.7 Å². The van der Waals surface area contributed by atoms with Crippen molar-refractivity contribution in [3.05, 3.63) is 0 Å². The summed E-state index contributed by atoms with van der Waals surface area (Å²) in [4.78, 5) is 0.633. The maximum absolute atomic E-state index is 7.56. The minimum absolute atomic E-state index is 0.216. The van der Waals surface area contributed by atoms with Crippen LogP contribution in [0.5, 0.6) is 0 Å². The lowest BCUT2D eigenvalue weighted by atomic mass is 9.90. The van der Waals surface area contributed by atoms with Crippen LogP contribution in [0.4, 0.5) is 0 Å². The van der Waals surface area contributed by atoms with Crippen molar-refractivity contribution in [1.29, 1.82) is 10.8 Å². The van der Waals surface area contributed by atoms with Gasteiger partial charge in [-0.3, -0.25) is 0 Å². The Labute approximate surface area is 107 Å². The van der Waals surface area contributed by atoms with Gasteiger partial charge in [0, 0.05) is 23.3 Å². The highest BCUT2D eigenvalue weighted by Gasteiger charge is 2.20. The molecule has 0 radical (unpaired) electrons. The Kier molecular flexibility index (Phi) is 6.28. The molecule has 0 aromatic carbocycles. The van der Waals surface area contributed by atoms with Gasteiger partial charge < -0.3 is 22.3 Å². The molecule has 0 saturated carbocycles. The van der Waals surface area contributed by atoms with Crippen LogP contribution in [0.2, 0.25) is 0 Å². The molecule has 0 aliphatic rings. The molecule has 6 N–H and O–H groups in total. The fraction of sp³-hybridized carbons (Fsp3) is 0.600. The van der Waals surface area contributed by atoms with Crippen molar-refractivity contribution < 1.29 is 0 Å². The molecule has 16 heavy (non-hydrogen) atoms. The van der Waals surface area contributed by atoms with E-state index in [9.17, 15) is 0 Å². The quantitative estimate of drug-likeness (QED) is 0.412. The number of hydrogen-bond donors (Lipinski definition) is 4. The van der Waals surface area contributed by atoms with E-state index < -0.39 is 0 Å². The zero-order valence-corrected chi connectivity index (χ0v) is 11.2. The van der Waals surface area contributed by atoms with Gasteiger partial charge in [-0.25, -0.2) is 0 Å². The lowest BCUT2D eigenvalue weighted by Crippen LogP contribution is -2.31. The van der Waals surface area contributed by atoms with Gasteiger partial charge in [-0.15, -0.1) is 0 Å². The summed E-state index contributed by atoms with van der Waals surface area (Å²) in [6, 6.07) is 0. The lowest BCUT2D eigenvalue weighted by Gasteiger charge is -2.18. The van der Waals surface area contributed by atoms with Gasteiger partial charge in [0.1, 0.15) is 0 Å². The minimum Gasteiger partial charge on any atom is -0.393 e. The second kappa shape index (κ2) is 6.65. The third-order valence-electron chi connectivity index (χ3n) is 2.48. The predicted octanol–water partition coefficient (Wildman–Crippen LogP) is 1.65. The largest absolute Gasteiger partial charge is 0.393 e. The summed E-state index contributed by atoms with van der Waals surface area (Å²) in [6.45, 7) is 3.35. The van der Waals surface area contributed by atoms with E-state index in [1.54, 1.807) is 13.8 Å². The van der Waals surface area contributed by atoms with Gasteiger partial charge in [0.05, 0.1) is 9.98 Å². The standard InChI is InChI=1S/C10H18N4S2/c1-5(11)7(9(13)15)3-4-8(6(2)12)10(14)16/h7-8,11-12H,3-4H2,1-2H3,(H2,13,15)(H2,14,16). The summed E-state index contributed by atoms with van der Waals surface area (Å²) in [5.74, 6) is -0.433. The molecule has 4 nitrogen and oxygen atoms in total. The van der Waals surface area contributed by atoms with Gasteiger partial charge >= 0.3 is 0 Å². The summed E-state index contributed by atoms with van der Waals surface area (Å²) in [7, 11) is 0. The first kappa shape index (κ1) is 15.1. The summed E-state index contributed by atoms with van der Waals surface area (Å²) in [5.41, 5.74) is 12.0. The molecular formula is C10H18N4S2. The Hall–Kier alpha value is -0.880. The molecular weight excluding hydrogens is 240 g/mol. The van der Waals surface area contributed by atoms with Gasteiger partial charge in [-0.05, 0) is 26.7 Å². The molecule has 0 heterocycles. The monoisotopic (exact) mass is 258 g/mol. The second-order valence-corrected chi connectivity index (χ2v) is 4.80. The molecule has 90 valence electrons. The number of hydrogen-bond acceptors (Lipinski definition) is 4.